The molecular weight excluding hydrogens is 162 g/mol. The van der Waals surface area contributed by atoms with Crippen LogP contribution in [-0.2, 0) is 4.74 Å². The molecule has 0 saturated carbocycles. The second kappa shape index (κ2) is 8.52. The van der Waals surface area contributed by atoms with Gasteiger partial charge in [0.25, 0.3) is 0 Å². The van der Waals surface area contributed by atoms with Crippen LogP contribution in [0.2, 0.25) is 0 Å². The van der Waals surface area contributed by atoms with E-state index in [-0.39, 0.29) is 0 Å². The van der Waals surface area contributed by atoms with Crippen molar-refractivity contribution in [1.82, 2.24) is 5.32 Å². The lowest BCUT2D eigenvalue weighted by Gasteiger charge is -2.22. The molecule has 0 aromatic rings. The fourth-order valence-corrected chi connectivity index (χ4v) is 1.67. The second-order valence-electron chi connectivity index (χ2n) is 3.52. The maximum Gasteiger partial charge on any atom is 0.0590 e. The van der Waals surface area contributed by atoms with E-state index in [0.29, 0.717) is 6.04 Å². The minimum absolute atomic E-state index is 0.621. The Balaban J connectivity index is 3.42. The molecule has 0 rings (SSSR count). The monoisotopic (exact) mass is 187 g/mol. The Morgan fingerprint density at radius 2 is 1.77 bits per heavy atom. The zero-order valence-electron chi connectivity index (χ0n) is 9.60. The van der Waals surface area contributed by atoms with Gasteiger partial charge in [0.1, 0.15) is 0 Å². The Morgan fingerprint density at radius 3 is 2.23 bits per heavy atom. The Labute approximate surface area is 83.1 Å². The molecular formula is C11H25NO. The molecule has 0 saturated heterocycles. The third-order valence-corrected chi connectivity index (χ3v) is 2.67. The molecule has 0 bridgehead atoms. The number of rotatable bonds is 8. The highest BCUT2D eigenvalue weighted by Crippen LogP contribution is 2.11. The quantitative estimate of drug-likeness (QED) is 0.589. The predicted octanol–water partition coefficient (Wildman–Crippen LogP) is 2.44. The van der Waals surface area contributed by atoms with Crippen molar-refractivity contribution in [2.24, 2.45) is 5.92 Å². The van der Waals surface area contributed by atoms with Crippen molar-refractivity contribution in [3.05, 3.63) is 0 Å². The van der Waals surface area contributed by atoms with E-state index in [0.717, 1.165) is 25.7 Å². The molecule has 80 valence electrons. The number of nitrogens with one attached hydrogen (secondary N) is 1. The predicted molar refractivity (Wildman–Crippen MR) is 58.0 cm³/mol. The summed E-state index contributed by atoms with van der Waals surface area (Å²) in [7, 11) is 0. The van der Waals surface area contributed by atoms with E-state index < -0.39 is 0 Å². The van der Waals surface area contributed by atoms with E-state index >= 15 is 0 Å². The molecule has 0 aromatic carbocycles. The summed E-state index contributed by atoms with van der Waals surface area (Å²) in [6.45, 7) is 11.4. The van der Waals surface area contributed by atoms with E-state index in [4.69, 9.17) is 4.74 Å². The van der Waals surface area contributed by atoms with E-state index in [1.807, 2.05) is 6.92 Å². The second-order valence-corrected chi connectivity index (χ2v) is 3.52. The average molecular weight is 187 g/mol. The lowest BCUT2D eigenvalue weighted by molar-refractivity contribution is 0.144. The first-order valence-corrected chi connectivity index (χ1v) is 5.57. The molecule has 13 heavy (non-hydrogen) atoms. The lowest BCUT2D eigenvalue weighted by Crippen LogP contribution is -2.35. The molecule has 0 spiro atoms. The highest BCUT2D eigenvalue weighted by molar-refractivity contribution is 4.69. The molecule has 2 heteroatoms. The van der Waals surface area contributed by atoms with Gasteiger partial charge < -0.3 is 10.1 Å². The summed E-state index contributed by atoms with van der Waals surface area (Å²) >= 11 is 0. The van der Waals surface area contributed by atoms with Gasteiger partial charge in [0.15, 0.2) is 0 Å². The summed E-state index contributed by atoms with van der Waals surface area (Å²) in [6, 6.07) is 0.621. The Kier molecular flexibility index (Phi) is 8.46. The topological polar surface area (TPSA) is 21.3 Å². The summed E-state index contributed by atoms with van der Waals surface area (Å²) in [5.74, 6) is 0.807. The zero-order chi connectivity index (χ0) is 10.1. The third-order valence-electron chi connectivity index (χ3n) is 2.67. The fraction of sp³-hybridized carbons (Fsp3) is 1.00. The van der Waals surface area contributed by atoms with Gasteiger partial charge in [-0.15, -0.1) is 0 Å². The van der Waals surface area contributed by atoms with Gasteiger partial charge in [0, 0.05) is 19.2 Å². The molecule has 0 aliphatic rings. The van der Waals surface area contributed by atoms with Crippen LogP contribution >= 0.6 is 0 Å². The summed E-state index contributed by atoms with van der Waals surface area (Å²) in [5.41, 5.74) is 0. The van der Waals surface area contributed by atoms with Crippen LogP contribution in [0.5, 0.6) is 0 Å². The van der Waals surface area contributed by atoms with Gasteiger partial charge in [-0.1, -0.05) is 26.7 Å². The minimum atomic E-state index is 0.621. The fourth-order valence-electron chi connectivity index (χ4n) is 1.67. The smallest absolute Gasteiger partial charge is 0.0590 e. The molecule has 0 heterocycles. The van der Waals surface area contributed by atoms with Crippen molar-refractivity contribution in [2.45, 2.75) is 46.6 Å². The molecule has 2 nitrogen and oxygen atoms in total. The largest absolute Gasteiger partial charge is 0.380 e. The maximum atomic E-state index is 5.27. The van der Waals surface area contributed by atoms with Gasteiger partial charge in [-0.3, -0.25) is 0 Å². The Bertz CT molecular complexity index is 102. The SMILES string of the molecule is CCOCCNC(C)C(CC)CC. The van der Waals surface area contributed by atoms with Crippen LogP contribution in [0.15, 0.2) is 0 Å². The van der Waals surface area contributed by atoms with Crippen LogP contribution in [0, 0.1) is 5.92 Å². The summed E-state index contributed by atoms with van der Waals surface area (Å²) in [5, 5.41) is 3.49. The summed E-state index contributed by atoms with van der Waals surface area (Å²) in [4.78, 5) is 0. The normalized spacial score (nSPS) is 13.6. The Hall–Kier alpha value is -0.0800. The van der Waals surface area contributed by atoms with Gasteiger partial charge >= 0.3 is 0 Å². The third kappa shape index (κ3) is 6.05. The molecule has 0 aliphatic carbocycles. The highest BCUT2D eigenvalue weighted by Gasteiger charge is 2.11. The van der Waals surface area contributed by atoms with E-state index in [9.17, 15) is 0 Å². The van der Waals surface area contributed by atoms with Crippen molar-refractivity contribution >= 4 is 0 Å². The van der Waals surface area contributed by atoms with E-state index in [2.05, 4.69) is 26.1 Å². The maximum absolute atomic E-state index is 5.27. The first-order valence-electron chi connectivity index (χ1n) is 5.57. The lowest BCUT2D eigenvalue weighted by atomic mass is 9.96. The first kappa shape index (κ1) is 12.9. The van der Waals surface area contributed by atoms with Gasteiger partial charge in [-0.25, -0.2) is 0 Å². The summed E-state index contributed by atoms with van der Waals surface area (Å²) in [6.07, 6.45) is 2.53. The standard InChI is InChI=1S/C11H25NO/c1-5-11(6-2)10(4)12-8-9-13-7-3/h10-12H,5-9H2,1-4H3. The van der Waals surface area contributed by atoms with Crippen molar-refractivity contribution in [3.63, 3.8) is 0 Å². The molecule has 0 radical (unpaired) electrons. The van der Waals surface area contributed by atoms with Crippen LogP contribution in [0.3, 0.4) is 0 Å². The first-order chi connectivity index (χ1) is 6.26. The van der Waals surface area contributed by atoms with Crippen LogP contribution in [0.1, 0.15) is 40.5 Å². The summed E-state index contributed by atoms with van der Waals surface area (Å²) < 4.78 is 5.27. The van der Waals surface area contributed by atoms with Crippen molar-refractivity contribution in [2.75, 3.05) is 19.8 Å². The van der Waals surface area contributed by atoms with Crippen molar-refractivity contribution in [3.8, 4) is 0 Å². The van der Waals surface area contributed by atoms with Gasteiger partial charge in [-0.2, -0.15) is 0 Å². The number of hydrogen-bond donors (Lipinski definition) is 1. The van der Waals surface area contributed by atoms with Crippen molar-refractivity contribution < 1.29 is 4.74 Å². The van der Waals surface area contributed by atoms with Crippen LogP contribution < -0.4 is 5.32 Å². The average Bonchev–Trinajstić information content (AvgIpc) is 2.14. The van der Waals surface area contributed by atoms with Crippen LogP contribution in [0.25, 0.3) is 0 Å². The van der Waals surface area contributed by atoms with E-state index in [1.54, 1.807) is 0 Å². The minimum Gasteiger partial charge on any atom is -0.380 e. The Morgan fingerprint density at radius 1 is 1.15 bits per heavy atom. The van der Waals surface area contributed by atoms with E-state index in [1.165, 1.54) is 12.8 Å². The van der Waals surface area contributed by atoms with Crippen LogP contribution in [0.4, 0.5) is 0 Å². The number of hydrogen-bond acceptors (Lipinski definition) is 2. The molecule has 0 fully saturated rings. The van der Waals surface area contributed by atoms with Gasteiger partial charge in [-0.05, 0) is 19.8 Å². The molecule has 0 amide bonds. The molecule has 1 N–H and O–H groups in total. The molecule has 0 aromatic heterocycles. The van der Waals surface area contributed by atoms with Crippen LogP contribution in [-0.4, -0.2) is 25.8 Å². The molecule has 1 atom stereocenters. The number of ether oxygens (including phenoxy) is 1. The molecule has 1 unspecified atom stereocenters. The van der Waals surface area contributed by atoms with Gasteiger partial charge in [0.05, 0.1) is 6.61 Å². The van der Waals surface area contributed by atoms with Crippen molar-refractivity contribution in [1.29, 1.82) is 0 Å². The zero-order valence-corrected chi connectivity index (χ0v) is 9.60. The molecule has 0 aliphatic heterocycles. The van der Waals surface area contributed by atoms with Gasteiger partial charge in [0.2, 0.25) is 0 Å². The highest BCUT2D eigenvalue weighted by atomic mass is 16.5.